The molecular formula is C9H12N2O2. The maximum atomic E-state index is 10.5. The Kier molecular flexibility index (Phi) is 3.00. The van der Waals surface area contributed by atoms with E-state index in [2.05, 4.69) is 0 Å². The molecule has 0 aromatic heterocycles. The van der Waals surface area contributed by atoms with Gasteiger partial charge in [-0.25, -0.2) is 4.79 Å². The number of hydrogen-bond donors (Lipinski definition) is 3. The minimum absolute atomic E-state index is 0.220. The van der Waals surface area contributed by atoms with Crippen molar-refractivity contribution in [3.8, 4) is 0 Å². The third kappa shape index (κ3) is 2.27. The number of benzene rings is 1. The molecule has 1 atom stereocenters. The van der Waals surface area contributed by atoms with E-state index in [0.717, 1.165) is 5.56 Å². The summed E-state index contributed by atoms with van der Waals surface area (Å²) in [5.41, 5.74) is 12.1. The van der Waals surface area contributed by atoms with Crippen LogP contribution in [0.25, 0.3) is 0 Å². The van der Waals surface area contributed by atoms with E-state index in [0.29, 0.717) is 6.54 Å². The van der Waals surface area contributed by atoms with Crippen LogP contribution in [0.4, 0.5) is 0 Å². The number of hydrogen-bond acceptors (Lipinski definition) is 3. The molecule has 0 aliphatic rings. The second kappa shape index (κ2) is 4.02. The number of rotatable bonds is 3. The zero-order chi connectivity index (χ0) is 9.84. The van der Waals surface area contributed by atoms with Crippen LogP contribution in [-0.2, 0) is 0 Å². The van der Waals surface area contributed by atoms with Crippen molar-refractivity contribution in [1.29, 1.82) is 0 Å². The Balaban J connectivity index is 2.87. The summed E-state index contributed by atoms with van der Waals surface area (Å²) in [5.74, 6) is -0.937. The molecule has 1 unspecified atom stereocenters. The molecule has 0 bridgehead atoms. The molecule has 70 valence electrons. The highest BCUT2D eigenvalue weighted by Gasteiger charge is 2.05. The van der Waals surface area contributed by atoms with Crippen molar-refractivity contribution >= 4 is 5.97 Å². The average Bonchev–Trinajstić information content (AvgIpc) is 2.17. The van der Waals surface area contributed by atoms with Crippen molar-refractivity contribution in [1.82, 2.24) is 0 Å². The van der Waals surface area contributed by atoms with E-state index in [-0.39, 0.29) is 11.6 Å². The Morgan fingerprint density at radius 2 is 1.92 bits per heavy atom. The summed E-state index contributed by atoms with van der Waals surface area (Å²) in [4.78, 5) is 10.5. The number of carboxylic acid groups (broad SMARTS) is 1. The minimum atomic E-state index is -0.937. The first-order valence-electron chi connectivity index (χ1n) is 3.94. The van der Waals surface area contributed by atoms with Gasteiger partial charge in [-0.1, -0.05) is 12.1 Å². The fraction of sp³-hybridized carbons (Fsp3) is 0.222. The summed E-state index contributed by atoms with van der Waals surface area (Å²) >= 11 is 0. The molecule has 13 heavy (non-hydrogen) atoms. The SMILES string of the molecule is NCC(N)c1ccc(C(=O)O)cc1. The lowest BCUT2D eigenvalue weighted by Gasteiger charge is -2.08. The van der Waals surface area contributed by atoms with Crippen LogP contribution in [0.2, 0.25) is 0 Å². The molecule has 0 radical (unpaired) electrons. The van der Waals surface area contributed by atoms with Gasteiger partial charge in [0, 0.05) is 12.6 Å². The monoisotopic (exact) mass is 180 g/mol. The van der Waals surface area contributed by atoms with Gasteiger partial charge in [-0.2, -0.15) is 0 Å². The quantitative estimate of drug-likeness (QED) is 0.625. The van der Waals surface area contributed by atoms with Crippen LogP contribution in [0, 0.1) is 0 Å². The topological polar surface area (TPSA) is 89.3 Å². The second-order valence-electron chi connectivity index (χ2n) is 2.77. The van der Waals surface area contributed by atoms with E-state index in [9.17, 15) is 4.79 Å². The van der Waals surface area contributed by atoms with Crippen LogP contribution in [-0.4, -0.2) is 17.6 Å². The van der Waals surface area contributed by atoms with E-state index in [1.807, 2.05) is 0 Å². The van der Waals surface area contributed by atoms with Crippen molar-refractivity contribution < 1.29 is 9.90 Å². The normalized spacial score (nSPS) is 12.5. The molecule has 0 spiro atoms. The lowest BCUT2D eigenvalue weighted by Crippen LogP contribution is -2.20. The van der Waals surface area contributed by atoms with Gasteiger partial charge in [0.25, 0.3) is 0 Å². The Morgan fingerprint density at radius 3 is 2.31 bits per heavy atom. The smallest absolute Gasteiger partial charge is 0.335 e. The summed E-state index contributed by atoms with van der Waals surface area (Å²) in [5, 5.41) is 8.62. The minimum Gasteiger partial charge on any atom is -0.478 e. The van der Waals surface area contributed by atoms with Gasteiger partial charge in [-0.05, 0) is 17.7 Å². The third-order valence-corrected chi connectivity index (χ3v) is 1.84. The van der Waals surface area contributed by atoms with Crippen LogP contribution in [0.1, 0.15) is 22.0 Å². The molecular weight excluding hydrogens is 168 g/mol. The summed E-state index contributed by atoms with van der Waals surface area (Å²) in [7, 11) is 0. The third-order valence-electron chi connectivity index (χ3n) is 1.84. The Morgan fingerprint density at radius 1 is 1.38 bits per heavy atom. The molecule has 1 aromatic rings. The fourth-order valence-electron chi connectivity index (χ4n) is 1.01. The van der Waals surface area contributed by atoms with E-state index in [1.54, 1.807) is 12.1 Å². The van der Waals surface area contributed by atoms with Gasteiger partial charge in [0.1, 0.15) is 0 Å². The summed E-state index contributed by atoms with van der Waals surface area (Å²) in [6.45, 7) is 0.354. The molecule has 5 N–H and O–H groups in total. The van der Waals surface area contributed by atoms with Crippen LogP contribution in [0.5, 0.6) is 0 Å². The highest BCUT2D eigenvalue weighted by Crippen LogP contribution is 2.10. The van der Waals surface area contributed by atoms with E-state index < -0.39 is 5.97 Å². The molecule has 0 aliphatic heterocycles. The Hall–Kier alpha value is -1.39. The van der Waals surface area contributed by atoms with Crippen LogP contribution in [0.15, 0.2) is 24.3 Å². The number of carbonyl (C=O) groups is 1. The highest BCUT2D eigenvalue weighted by molar-refractivity contribution is 5.87. The molecule has 1 aromatic carbocycles. The number of aromatic carboxylic acids is 1. The molecule has 1 rings (SSSR count). The van der Waals surface area contributed by atoms with Crippen molar-refractivity contribution in [2.24, 2.45) is 11.5 Å². The van der Waals surface area contributed by atoms with E-state index in [1.165, 1.54) is 12.1 Å². The zero-order valence-electron chi connectivity index (χ0n) is 7.10. The van der Waals surface area contributed by atoms with Crippen LogP contribution < -0.4 is 11.5 Å². The maximum Gasteiger partial charge on any atom is 0.335 e. The van der Waals surface area contributed by atoms with Gasteiger partial charge in [-0.3, -0.25) is 0 Å². The Bertz CT molecular complexity index is 295. The first-order chi connectivity index (χ1) is 6.15. The summed E-state index contributed by atoms with van der Waals surface area (Å²) in [6.07, 6.45) is 0. The first kappa shape index (κ1) is 9.70. The molecule has 0 amide bonds. The molecule has 4 nitrogen and oxygen atoms in total. The van der Waals surface area contributed by atoms with Gasteiger partial charge in [0.05, 0.1) is 5.56 Å². The van der Waals surface area contributed by atoms with Crippen LogP contribution in [0.3, 0.4) is 0 Å². The van der Waals surface area contributed by atoms with Gasteiger partial charge < -0.3 is 16.6 Å². The average molecular weight is 180 g/mol. The van der Waals surface area contributed by atoms with Crippen molar-refractivity contribution in [2.45, 2.75) is 6.04 Å². The maximum absolute atomic E-state index is 10.5. The number of carboxylic acids is 1. The predicted octanol–water partition coefficient (Wildman–Crippen LogP) is 0.343. The van der Waals surface area contributed by atoms with Crippen molar-refractivity contribution in [3.63, 3.8) is 0 Å². The lowest BCUT2D eigenvalue weighted by molar-refractivity contribution is 0.0697. The number of nitrogens with two attached hydrogens (primary N) is 2. The standard InChI is InChI=1S/C9H12N2O2/c10-5-8(11)6-1-3-7(4-2-6)9(12)13/h1-4,8H,5,10-11H2,(H,12,13). The largest absolute Gasteiger partial charge is 0.478 e. The lowest BCUT2D eigenvalue weighted by atomic mass is 10.1. The zero-order valence-corrected chi connectivity index (χ0v) is 7.10. The highest BCUT2D eigenvalue weighted by atomic mass is 16.4. The van der Waals surface area contributed by atoms with Crippen molar-refractivity contribution in [2.75, 3.05) is 6.54 Å². The van der Waals surface area contributed by atoms with Crippen LogP contribution >= 0.6 is 0 Å². The van der Waals surface area contributed by atoms with Gasteiger partial charge in [0.15, 0.2) is 0 Å². The summed E-state index contributed by atoms with van der Waals surface area (Å²) in [6, 6.07) is 6.19. The Labute approximate surface area is 76.2 Å². The molecule has 0 heterocycles. The van der Waals surface area contributed by atoms with Gasteiger partial charge in [-0.15, -0.1) is 0 Å². The molecule has 4 heteroatoms. The fourth-order valence-corrected chi connectivity index (χ4v) is 1.01. The first-order valence-corrected chi connectivity index (χ1v) is 3.94. The molecule has 0 saturated heterocycles. The molecule has 0 fully saturated rings. The summed E-state index contributed by atoms with van der Waals surface area (Å²) < 4.78 is 0. The second-order valence-corrected chi connectivity index (χ2v) is 2.77. The van der Waals surface area contributed by atoms with E-state index in [4.69, 9.17) is 16.6 Å². The van der Waals surface area contributed by atoms with Gasteiger partial charge >= 0.3 is 5.97 Å². The van der Waals surface area contributed by atoms with E-state index >= 15 is 0 Å². The molecule has 0 aliphatic carbocycles. The van der Waals surface area contributed by atoms with Crippen molar-refractivity contribution in [3.05, 3.63) is 35.4 Å². The predicted molar refractivity (Wildman–Crippen MR) is 49.4 cm³/mol. The molecule has 0 saturated carbocycles. The van der Waals surface area contributed by atoms with Gasteiger partial charge in [0.2, 0.25) is 0 Å².